The van der Waals surface area contributed by atoms with E-state index in [-0.39, 0.29) is 17.9 Å². The Labute approximate surface area is 86.9 Å². The maximum absolute atomic E-state index is 11.7. The second kappa shape index (κ2) is 2.82. The third kappa shape index (κ3) is 1.08. The molecule has 0 aromatic rings. The molecule has 0 radical (unpaired) electrons. The van der Waals surface area contributed by atoms with Crippen molar-refractivity contribution in [3.8, 4) is 0 Å². The van der Waals surface area contributed by atoms with Gasteiger partial charge in [0.15, 0.2) is 5.78 Å². The van der Waals surface area contributed by atoms with Gasteiger partial charge in [0.25, 0.3) is 0 Å². The van der Waals surface area contributed by atoms with Crippen LogP contribution in [0.1, 0.15) is 12.8 Å². The summed E-state index contributed by atoms with van der Waals surface area (Å²) in [7, 11) is 0. The predicted molar refractivity (Wildman–Crippen MR) is 53.7 cm³/mol. The number of hydrogen-bond donors (Lipinski definition) is 1. The maximum Gasteiger partial charge on any atom is 0.326 e. The van der Waals surface area contributed by atoms with E-state index in [1.54, 1.807) is 17.2 Å². The van der Waals surface area contributed by atoms with Crippen molar-refractivity contribution in [2.75, 3.05) is 0 Å². The zero-order chi connectivity index (χ0) is 10.4. The zero-order valence-corrected chi connectivity index (χ0v) is 8.06. The first-order valence-corrected chi connectivity index (χ1v) is 4.97. The van der Waals surface area contributed by atoms with Gasteiger partial charge in [-0.15, -0.1) is 0 Å². The molecule has 0 spiro atoms. The lowest BCUT2D eigenvalue weighted by atomic mass is 9.96. The molecule has 1 fully saturated rings. The van der Waals surface area contributed by atoms with E-state index in [2.05, 4.69) is 5.32 Å². The Balaban J connectivity index is 2.20. The summed E-state index contributed by atoms with van der Waals surface area (Å²) in [4.78, 5) is 24.9. The highest BCUT2D eigenvalue weighted by Gasteiger charge is 2.38. The van der Waals surface area contributed by atoms with Gasteiger partial charge >= 0.3 is 6.03 Å². The molecule has 76 valence electrons. The maximum atomic E-state index is 11.7. The van der Waals surface area contributed by atoms with Crippen LogP contribution in [0.2, 0.25) is 0 Å². The Morgan fingerprint density at radius 2 is 2.20 bits per heavy atom. The van der Waals surface area contributed by atoms with E-state index in [9.17, 15) is 9.59 Å². The van der Waals surface area contributed by atoms with Gasteiger partial charge < -0.3 is 5.32 Å². The van der Waals surface area contributed by atoms with Crippen LogP contribution in [0.5, 0.6) is 0 Å². The quantitative estimate of drug-likeness (QED) is 0.639. The van der Waals surface area contributed by atoms with Crippen LogP contribution in [0.4, 0.5) is 4.79 Å². The number of urea groups is 1. The van der Waals surface area contributed by atoms with E-state index in [1.165, 1.54) is 0 Å². The number of amides is 2. The lowest BCUT2D eigenvalue weighted by molar-refractivity contribution is -0.114. The highest BCUT2D eigenvalue weighted by molar-refractivity contribution is 6.02. The molecule has 4 heteroatoms. The summed E-state index contributed by atoms with van der Waals surface area (Å²) in [5, 5.41) is 2.85. The van der Waals surface area contributed by atoms with Crippen molar-refractivity contribution < 1.29 is 9.59 Å². The standard InChI is InChI=1S/C11H10N2O2/c14-9-5-2-6-13-10-7(9)3-1-4-8(10)12-11(13)15/h1-3,6,8H,4-5H2,(H,12,15). The van der Waals surface area contributed by atoms with E-state index < -0.39 is 0 Å². The van der Waals surface area contributed by atoms with Gasteiger partial charge in [0.1, 0.15) is 0 Å². The smallest absolute Gasteiger partial charge is 0.326 e. The molecule has 0 bridgehead atoms. The first-order chi connectivity index (χ1) is 7.27. The fourth-order valence-electron chi connectivity index (χ4n) is 2.22. The number of rotatable bonds is 0. The second-order valence-corrected chi connectivity index (χ2v) is 3.82. The molecule has 0 saturated carbocycles. The molecule has 0 aromatic carbocycles. The van der Waals surface area contributed by atoms with E-state index in [0.29, 0.717) is 12.0 Å². The molecule has 15 heavy (non-hydrogen) atoms. The number of nitrogens with one attached hydrogen (secondary N) is 1. The summed E-state index contributed by atoms with van der Waals surface area (Å²) in [6.07, 6.45) is 8.33. The van der Waals surface area contributed by atoms with Gasteiger partial charge in [-0.25, -0.2) is 4.79 Å². The highest BCUT2D eigenvalue weighted by atomic mass is 16.2. The average molecular weight is 202 g/mol. The van der Waals surface area contributed by atoms with Crippen molar-refractivity contribution in [1.29, 1.82) is 0 Å². The Bertz CT molecular complexity index is 446. The van der Waals surface area contributed by atoms with Crippen molar-refractivity contribution in [3.63, 3.8) is 0 Å². The number of allylic oxidation sites excluding steroid dienone is 3. The van der Waals surface area contributed by atoms with Crippen LogP contribution in [-0.2, 0) is 4.79 Å². The largest absolute Gasteiger partial charge is 0.329 e. The van der Waals surface area contributed by atoms with Crippen molar-refractivity contribution in [3.05, 3.63) is 35.7 Å². The number of Topliss-reactive ketones (excluding diaryl/α,β-unsaturated/α-hetero) is 1. The van der Waals surface area contributed by atoms with E-state index in [0.717, 1.165) is 12.1 Å². The number of hydrogen-bond acceptors (Lipinski definition) is 2. The van der Waals surface area contributed by atoms with Gasteiger partial charge in [-0.2, -0.15) is 0 Å². The summed E-state index contributed by atoms with van der Waals surface area (Å²) in [5.41, 5.74) is 1.50. The lowest BCUT2D eigenvalue weighted by Gasteiger charge is -2.18. The summed E-state index contributed by atoms with van der Waals surface area (Å²) in [5.74, 6) is 0.0844. The Hall–Kier alpha value is -1.84. The number of ketones is 1. The Kier molecular flexibility index (Phi) is 1.59. The van der Waals surface area contributed by atoms with Crippen LogP contribution in [0.25, 0.3) is 0 Å². The molecular weight excluding hydrogens is 192 g/mol. The van der Waals surface area contributed by atoms with Crippen molar-refractivity contribution >= 4 is 11.8 Å². The van der Waals surface area contributed by atoms with Gasteiger partial charge in [0.05, 0.1) is 11.7 Å². The highest BCUT2D eigenvalue weighted by Crippen LogP contribution is 2.31. The molecule has 3 aliphatic rings. The van der Waals surface area contributed by atoms with Crippen molar-refractivity contribution in [2.24, 2.45) is 0 Å². The molecule has 0 aromatic heterocycles. The van der Waals surface area contributed by atoms with E-state index in [1.807, 2.05) is 12.2 Å². The molecule has 1 saturated heterocycles. The minimum Gasteiger partial charge on any atom is -0.329 e. The Morgan fingerprint density at radius 3 is 3.07 bits per heavy atom. The normalized spacial score (nSPS) is 28.0. The SMILES string of the molecule is O=C1CC=CN2C(=O)NC3CC=CC1=C32. The predicted octanol–water partition coefficient (Wildman–Crippen LogP) is 1.08. The van der Waals surface area contributed by atoms with Crippen LogP contribution in [0, 0.1) is 0 Å². The third-order valence-electron chi connectivity index (χ3n) is 2.90. The summed E-state index contributed by atoms with van der Waals surface area (Å²) in [6.45, 7) is 0. The molecule has 1 unspecified atom stereocenters. The molecule has 2 aliphatic heterocycles. The van der Waals surface area contributed by atoms with Gasteiger partial charge in [-0.05, 0) is 6.42 Å². The van der Waals surface area contributed by atoms with Crippen LogP contribution in [0.3, 0.4) is 0 Å². The molecule has 1 aliphatic carbocycles. The zero-order valence-electron chi connectivity index (χ0n) is 8.06. The first-order valence-electron chi connectivity index (χ1n) is 4.97. The second-order valence-electron chi connectivity index (χ2n) is 3.82. The number of carbonyl (C=O) groups excluding carboxylic acids is 2. The topological polar surface area (TPSA) is 49.4 Å². The van der Waals surface area contributed by atoms with E-state index >= 15 is 0 Å². The van der Waals surface area contributed by atoms with Crippen LogP contribution in [-0.4, -0.2) is 22.8 Å². The Morgan fingerprint density at radius 1 is 1.33 bits per heavy atom. The number of carbonyl (C=O) groups is 2. The van der Waals surface area contributed by atoms with Gasteiger partial charge in [0.2, 0.25) is 0 Å². The van der Waals surface area contributed by atoms with Crippen molar-refractivity contribution in [1.82, 2.24) is 10.2 Å². The summed E-state index contributed by atoms with van der Waals surface area (Å²) >= 11 is 0. The van der Waals surface area contributed by atoms with Crippen molar-refractivity contribution in [2.45, 2.75) is 18.9 Å². The molecule has 3 rings (SSSR count). The van der Waals surface area contributed by atoms with Gasteiger partial charge in [0, 0.05) is 18.2 Å². The molecule has 2 heterocycles. The first kappa shape index (κ1) is 8.47. The monoisotopic (exact) mass is 202 g/mol. The van der Waals surface area contributed by atoms with Crippen LogP contribution in [0.15, 0.2) is 35.7 Å². The summed E-state index contributed by atoms with van der Waals surface area (Å²) in [6, 6.07) is -0.161. The third-order valence-corrected chi connectivity index (χ3v) is 2.90. The summed E-state index contributed by atoms with van der Waals surface area (Å²) < 4.78 is 0. The molecule has 1 N–H and O–H groups in total. The van der Waals surface area contributed by atoms with Gasteiger partial charge in [-0.1, -0.05) is 18.2 Å². The fourth-order valence-corrected chi connectivity index (χ4v) is 2.22. The molecule has 4 nitrogen and oxygen atoms in total. The van der Waals surface area contributed by atoms with Crippen LogP contribution < -0.4 is 5.32 Å². The number of nitrogens with zero attached hydrogens (tertiary/aromatic N) is 1. The van der Waals surface area contributed by atoms with Crippen LogP contribution >= 0.6 is 0 Å². The molecule has 1 atom stereocenters. The lowest BCUT2D eigenvalue weighted by Crippen LogP contribution is -2.27. The fraction of sp³-hybridized carbons (Fsp3) is 0.273. The minimum atomic E-state index is -0.137. The average Bonchev–Trinajstić information content (AvgIpc) is 2.43. The minimum absolute atomic E-state index is 0.0239. The molecular formula is C11H10N2O2. The van der Waals surface area contributed by atoms with E-state index in [4.69, 9.17) is 0 Å². The molecule has 2 amide bonds. The van der Waals surface area contributed by atoms with Gasteiger partial charge in [-0.3, -0.25) is 9.69 Å².